The average molecular weight is 535 g/mol. The van der Waals surface area contributed by atoms with Crippen LogP contribution in [0.2, 0.25) is 5.02 Å². The summed E-state index contributed by atoms with van der Waals surface area (Å²) in [4.78, 5) is 27.4. The zero-order valence-corrected chi connectivity index (χ0v) is 21.6. The van der Waals surface area contributed by atoms with E-state index in [1.54, 1.807) is 12.1 Å². The van der Waals surface area contributed by atoms with E-state index in [2.05, 4.69) is 41.6 Å². The molecule has 0 aliphatic carbocycles. The van der Waals surface area contributed by atoms with Gasteiger partial charge in [-0.25, -0.2) is 4.98 Å². The molecule has 188 valence electrons. The monoisotopic (exact) mass is 534 g/mol. The van der Waals surface area contributed by atoms with Crippen LogP contribution in [0.25, 0.3) is 28.6 Å². The first-order chi connectivity index (χ1) is 17.7. The molecule has 0 spiro atoms. The molecule has 0 radical (unpaired) electrons. The summed E-state index contributed by atoms with van der Waals surface area (Å²) >= 11 is 11.1. The summed E-state index contributed by atoms with van der Waals surface area (Å²) in [6.45, 7) is 4.33. The number of amides is 1. The first-order valence-electron chi connectivity index (χ1n) is 11.5. The Morgan fingerprint density at radius 2 is 2.03 bits per heavy atom. The number of benzene rings is 3. The van der Waals surface area contributed by atoms with Gasteiger partial charge in [-0.15, -0.1) is 0 Å². The second kappa shape index (κ2) is 11.3. The van der Waals surface area contributed by atoms with E-state index in [1.165, 1.54) is 29.8 Å². The number of anilines is 1. The molecule has 10 heteroatoms. The molecule has 37 heavy (non-hydrogen) atoms. The number of nitro groups is 1. The largest absolute Gasteiger partial charge is 0.436 e. The molecule has 0 saturated heterocycles. The number of carbonyl (C=O) groups excluding carboxylic acids is 1. The maximum Gasteiger partial charge on any atom is 0.288 e. The number of oxazole rings is 1. The van der Waals surface area contributed by atoms with Gasteiger partial charge in [0.1, 0.15) is 10.5 Å². The smallest absolute Gasteiger partial charge is 0.288 e. The van der Waals surface area contributed by atoms with E-state index in [-0.39, 0.29) is 15.8 Å². The van der Waals surface area contributed by atoms with Gasteiger partial charge in [0.25, 0.3) is 5.69 Å². The van der Waals surface area contributed by atoms with Gasteiger partial charge >= 0.3 is 0 Å². The van der Waals surface area contributed by atoms with Crippen molar-refractivity contribution >= 4 is 63.4 Å². The molecular formula is C27H23ClN4O4S. The van der Waals surface area contributed by atoms with Gasteiger partial charge in [-0.3, -0.25) is 20.2 Å². The van der Waals surface area contributed by atoms with Crippen LogP contribution < -0.4 is 10.6 Å². The standard InChI is InChI=1S/C27H23ClN4O4S/c1-3-16(2)18-9-11-24-22(15-18)30-26(36-24)19-5-4-6-20(14-19)29-27(37)31-25(33)12-8-17-7-10-21(28)23(13-17)32(34)35/h4-16H,3H2,1-2H3,(H2,29,31,33,37)/b12-8+/t16-/m0/s1. The Kier molecular flexibility index (Phi) is 7.95. The number of halogens is 1. The van der Waals surface area contributed by atoms with Gasteiger partial charge in [0, 0.05) is 23.4 Å². The minimum Gasteiger partial charge on any atom is -0.436 e. The van der Waals surface area contributed by atoms with E-state index in [9.17, 15) is 14.9 Å². The first-order valence-corrected chi connectivity index (χ1v) is 12.3. The van der Waals surface area contributed by atoms with E-state index in [4.69, 9.17) is 28.2 Å². The number of carbonyl (C=O) groups is 1. The van der Waals surface area contributed by atoms with Crippen molar-refractivity contribution in [3.05, 3.63) is 93.0 Å². The molecule has 4 rings (SSSR count). The molecule has 4 aromatic rings. The molecule has 0 bridgehead atoms. The Balaban J connectivity index is 1.42. The second-order valence-electron chi connectivity index (χ2n) is 8.38. The lowest BCUT2D eigenvalue weighted by molar-refractivity contribution is -0.384. The van der Waals surface area contributed by atoms with Crippen LogP contribution in [-0.2, 0) is 4.79 Å². The van der Waals surface area contributed by atoms with Crippen molar-refractivity contribution < 1.29 is 14.1 Å². The molecule has 1 heterocycles. The van der Waals surface area contributed by atoms with Gasteiger partial charge in [-0.05, 0) is 78.2 Å². The highest BCUT2D eigenvalue weighted by molar-refractivity contribution is 7.80. The van der Waals surface area contributed by atoms with Crippen LogP contribution in [0.5, 0.6) is 0 Å². The maximum atomic E-state index is 12.3. The molecule has 8 nitrogen and oxygen atoms in total. The summed E-state index contributed by atoms with van der Waals surface area (Å²) in [7, 11) is 0. The third-order valence-electron chi connectivity index (χ3n) is 5.79. The Bertz CT molecular complexity index is 1530. The number of fused-ring (bicyclic) bond motifs is 1. The van der Waals surface area contributed by atoms with Gasteiger partial charge in [0.15, 0.2) is 10.7 Å². The summed E-state index contributed by atoms with van der Waals surface area (Å²) < 4.78 is 5.95. The Morgan fingerprint density at radius 1 is 1.22 bits per heavy atom. The molecule has 2 N–H and O–H groups in total. The molecule has 3 aromatic carbocycles. The van der Waals surface area contributed by atoms with Crippen molar-refractivity contribution in [3.8, 4) is 11.5 Å². The highest BCUT2D eigenvalue weighted by Crippen LogP contribution is 2.29. The Morgan fingerprint density at radius 3 is 2.78 bits per heavy atom. The SMILES string of the molecule is CC[C@H](C)c1ccc2oc(-c3cccc(NC(=S)NC(=O)/C=C/c4ccc(Cl)c([N+](=O)[O-])c4)c3)nc2c1. The van der Waals surface area contributed by atoms with Crippen LogP contribution in [0.1, 0.15) is 37.3 Å². The van der Waals surface area contributed by atoms with Crippen LogP contribution in [0.4, 0.5) is 11.4 Å². The first kappa shape index (κ1) is 26.0. The van der Waals surface area contributed by atoms with E-state index in [0.29, 0.717) is 28.6 Å². The van der Waals surface area contributed by atoms with Gasteiger partial charge in [0.05, 0.1) is 4.92 Å². The Labute approximate surface area is 223 Å². The fourth-order valence-electron chi connectivity index (χ4n) is 3.60. The fraction of sp³-hybridized carbons (Fsp3) is 0.148. The molecule has 1 amide bonds. The van der Waals surface area contributed by atoms with Crippen molar-refractivity contribution in [2.24, 2.45) is 0 Å². The molecule has 0 aliphatic heterocycles. The summed E-state index contributed by atoms with van der Waals surface area (Å²) in [6.07, 6.45) is 3.70. The van der Waals surface area contributed by atoms with Crippen molar-refractivity contribution in [1.29, 1.82) is 0 Å². The van der Waals surface area contributed by atoms with Crippen molar-refractivity contribution in [3.63, 3.8) is 0 Å². The highest BCUT2D eigenvalue weighted by Gasteiger charge is 2.13. The van der Waals surface area contributed by atoms with Crippen LogP contribution in [0.15, 0.2) is 71.2 Å². The average Bonchev–Trinajstić information content (AvgIpc) is 3.31. The zero-order valence-electron chi connectivity index (χ0n) is 20.0. The molecule has 0 saturated carbocycles. The molecule has 0 aliphatic rings. The predicted molar refractivity (Wildman–Crippen MR) is 150 cm³/mol. The van der Waals surface area contributed by atoms with Crippen LogP contribution in [0, 0.1) is 10.1 Å². The van der Waals surface area contributed by atoms with Gasteiger partial charge in [0.2, 0.25) is 11.8 Å². The van der Waals surface area contributed by atoms with Crippen molar-refractivity contribution in [2.45, 2.75) is 26.2 Å². The summed E-state index contributed by atoms with van der Waals surface area (Å²) in [5.74, 6) is 0.421. The zero-order chi connectivity index (χ0) is 26.5. The molecular weight excluding hydrogens is 512 g/mol. The van der Waals surface area contributed by atoms with Crippen molar-refractivity contribution in [2.75, 3.05) is 5.32 Å². The van der Waals surface area contributed by atoms with Gasteiger partial charge < -0.3 is 9.73 Å². The quantitative estimate of drug-likeness (QED) is 0.113. The normalized spacial score (nSPS) is 12.0. The summed E-state index contributed by atoms with van der Waals surface area (Å²) in [5, 5.41) is 16.6. The predicted octanol–water partition coefficient (Wildman–Crippen LogP) is 7.10. The number of nitrogens with zero attached hydrogens (tertiary/aromatic N) is 2. The van der Waals surface area contributed by atoms with E-state index in [0.717, 1.165) is 17.5 Å². The number of hydrogen-bond acceptors (Lipinski definition) is 6. The topological polar surface area (TPSA) is 110 Å². The van der Waals surface area contributed by atoms with Gasteiger partial charge in [-0.2, -0.15) is 0 Å². The lowest BCUT2D eigenvalue weighted by atomic mass is 9.98. The minimum absolute atomic E-state index is 0.0212. The third kappa shape index (κ3) is 6.38. The number of nitrogens with one attached hydrogen (secondary N) is 2. The summed E-state index contributed by atoms with van der Waals surface area (Å²) in [6, 6.07) is 17.6. The Hall–Kier alpha value is -4.08. The molecule has 0 fully saturated rings. The number of hydrogen-bond donors (Lipinski definition) is 2. The number of nitro benzene ring substituents is 1. The van der Waals surface area contributed by atoms with Crippen molar-refractivity contribution in [1.82, 2.24) is 10.3 Å². The van der Waals surface area contributed by atoms with Crippen LogP contribution in [-0.4, -0.2) is 20.9 Å². The van der Waals surface area contributed by atoms with Gasteiger partial charge in [-0.1, -0.05) is 43.6 Å². The summed E-state index contributed by atoms with van der Waals surface area (Å²) in [5.41, 5.74) is 4.33. The number of aromatic nitrogens is 1. The van der Waals surface area contributed by atoms with Crippen LogP contribution in [0.3, 0.4) is 0 Å². The third-order valence-corrected chi connectivity index (χ3v) is 6.31. The molecule has 1 aromatic heterocycles. The highest BCUT2D eigenvalue weighted by atomic mass is 35.5. The van der Waals surface area contributed by atoms with E-state index in [1.807, 2.05) is 24.3 Å². The van der Waals surface area contributed by atoms with Crippen LogP contribution >= 0.6 is 23.8 Å². The molecule has 0 unspecified atom stereocenters. The maximum absolute atomic E-state index is 12.3. The lowest BCUT2D eigenvalue weighted by Crippen LogP contribution is -2.32. The number of rotatable bonds is 7. The number of thiocarbonyl (C=S) groups is 1. The van der Waals surface area contributed by atoms with E-state index >= 15 is 0 Å². The molecule has 1 atom stereocenters. The second-order valence-corrected chi connectivity index (χ2v) is 9.20. The lowest BCUT2D eigenvalue weighted by Gasteiger charge is -2.09. The van der Waals surface area contributed by atoms with E-state index < -0.39 is 10.8 Å². The minimum atomic E-state index is -0.585. The fourth-order valence-corrected chi connectivity index (χ4v) is 4.01.